The van der Waals surface area contributed by atoms with E-state index in [2.05, 4.69) is 5.32 Å². The van der Waals surface area contributed by atoms with Crippen molar-refractivity contribution in [3.05, 3.63) is 35.4 Å². The Kier molecular flexibility index (Phi) is 6.25. The molecule has 0 fully saturated rings. The third-order valence-corrected chi connectivity index (χ3v) is 5.06. The highest BCUT2D eigenvalue weighted by Gasteiger charge is 2.19. The van der Waals surface area contributed by atoms with Crippen molar-refractivity contribution in [2.75, 3.05) is 20.6 Å². The summed E-state index contributed by atoms with van der Waals surface area (Å²) in [5.41, 5.74) is 6.82. The molecule has 1 aromatic carbocycles. The minimum absolute atomic E-state index is 0.130. The van der Waals surface area contributed by atoms with Gasteiger partial charge in [-0.05, 0) is 5.56 Å². The molecule has 1 rings (SSSR count). The first kappa shape index (κ1) is 17.5. The van der Waals surface area contributed by atoms with Crippen LogP contribution in [0.3, 0.4) is 0 Å². The Morgan fingerprint density at radius 3 is 2.38 bits per heavy atom. The summed E-state index contributed by atoms with van der Waals surface area (Å²) in [7, 11) is -0.487. The number of nitrogens with zero attached hydrogens (tertiary/aromatic N) is 1. The lowest BCUT2D eigenvalue weighted by Gasteiger charge is -2.16. The number of hydrogen-bond donors (Lipinski definition) is 2. The monoisotopic (exact) mass is 329 g/mol. The number of hydrogen-bond acceptors (Lipinski definition) is 4. The fourth-order valence-electron chi connectivity index (χ4n) is 1.61. The zero-order valence-electron chi connectivity index (χ0n) is 12.0. The van der Waals surface area contributed by atoms with Crippen molar-refractivity contribution in [1.82, 2.24) is 9.62 Å². The lowest BCUT2D eigenvalue weighted by Crippen LogP contribution is -2.32. The van der Waals surface area contributed by atoms with E-state index in [1.54, 1.807) is 24.3 Å². The maximum atomic E-state index is 12.2. The van der Waals surface area contributed by atoms with Gasteiger partial charge in [-0.2, -0.15) is 0 Å². The zero-order valence-corrected chi connectivity index (χ0v) is 13.6. The minimum Gasteiger partial charge on any atom is -0.389 e. The van der Waals surface area contributed by atoms with Crippen molar-refractivity contribution in [3.8, 4) is 0 Å². The normalized spacial score (nSPS) is 11.4. The zero-order chi connectivity index (χ0) is 16.0. The minimum atomic E-state index is -3.46. The van der Waals surface area contributed by atoms with E-state index < -0.39 is 10.0 Å². The van der Waals surface area contributed by atoms with Gasteiger partial charge in [-0.25, -0.2) is 12.7 Å². The first-order valence-electron chi connectivity index (χ1n) is 6.29. The molecule has 3 N–H and O–H groups in total. The van der Waals surface area contributed by atoms with Crippen molar-refractivity contribution in [2.24, 2.45) is 5.73 Å². The molecule has 116 valence electrons. The van der Waals surface area contributed by atoms with E-state index in [-0.39, 0.29) is 29.6 Å². The van der Waals surface area contributed by atoms with Crippen LogP contribution in [0.5, 0.6) is 0 Å². The van der Waals surface area contributed by atoms with Crippen LogP contribution in [0.25, 0.3) is 0 Å². The summed E-state index contributed by atoms with van der Waals surface area (Å²) in [4.78, 5) is 11.4. The Morgan fingerprint density at radius 1 is 1.33 bits per heavy atom. The predicted molar refractivity (Wildman–Crippen MR) is 86.3 cm³/mol. The number of carbonyl (C=O) groups excluding carboxylic acids is 1. The van der Waals surface area contributed by atoms with Crippen LogP contribution in [0.4, 0.5) is 0 Å². The molecule has 0 saturated carbocycles. The van der Waals surface area contributed by atoms with Crippen LogP contribution in [0.15, 0.2) is 24.3 Å². The van der Waals surface area contributed by atoms with Crippen LogP contribution in [0.1, 0.15) is 17.5 Å². The summed E-state index contributed by atoms with van der Waals surface area (Å²) < 4.78 is 25.5. The highest BCUT2D eigenvalue weighted by atomic mass is 32.2. The van der Waals surface area contributed by atoms with Gasteiger partial charge in [0.1, 0.15) is 4.99 Å². The van der Waals surface area contributed by atoms with Crippen LogP contribution in [0.2, 0.25) is 0 Å². The lowest BCUT2D eigenvalue weighted by atomic mass is 10.1. The molecule has 0 bridgehead atoms. The average molecular weight is 329 g/mol. The molecule has 0 spiro atoms. The molecule has 0 aliphatic carbocycles. The van der Waals surface area contributed by atoms with E-state index >= 15 is 0 Å². The number of amides is 1. The van der Waals surface area contributed by atoms with Gasteiger partial charge in [0.25, 0.3) is 0 Å². The molecular formula is C13H19N3O3S2. The summed E-state index contributed by atoms with van der Waals surface area (Å²) in [6.45, 7) is 0.146. The quantitative estimate of drug-likeness (QED) is 0.698. The summed E-state index contributed by atoms with van der Waals surface area (Å²) in [6.07, 6.45) is 0.132. The van der Waals surface area contributed by atoms with Crippen molar-refractivity contribution < 1.29 is 13.2 Å². The Morgan fingerprint density at radius 2 is 1.90 bits per heavy atom. The molecule has 0 aliphatic heterocycles. The van der Waals surface area contributed by atoms with Crippen LogP contribution < -0.4 is 11.1 Å². The van der Waals surface area contributed by atoms with Gasteiger partial charge >= 0.3 is 0 Å². The third kappa shape index (κ3) is 5.41. The molecule has 0 atom stereocenters. The summed E-state index contributed by atoms with van der Waals surface area (Å²) >= 11 is 4.84. The van der Waals surface area contributed by atoms with E-state index in [0.29, 0.717) is 11.1 Å². The first-order chi connectivity index (χ1) is 9.76. The molecule has 6 nitrogen and oxygen atoms in total. The maximum Gasteiger partial charge on any atom is 0.221 e. The van der Waals surface area contributed by atoms with Gasteiger partial charge < -0.3 is 11.1 Å². The topological polar surface area (TPSA) is 92.5 Å². The number of sulfonamides is 1. The second kappa shape index (κ2) is 7.48. The van der Waals surface area contributed by atoms with Gasteiger partial charge in [-0.3, -0.25) is 4.79 Å². The molecule has 1 amide bonds. The molecule has 0 unspecified atom stereocenters. The van der Waals surface area contributed by atoms with Gasteiger partial charge in [-0.1, -0.05) is 36.5 Å². The Labute approximate surface area is 130 Å². The summed E-state index contributed by atoms with van der Waals surface area (Å²) in [6, 6.07) is 6.74. The maximum absolute atomic E-state index is 12.2. The molecular weight excluding hydrogens is 310 g/mol. The molecule has 21 heavy (non-hydrogen) atoms. The molecule has 8 heteroatoms. The van der Waals surface area contributed by atoms with Crippen LogP contribution in [0, 0.1) is 0 Å². The smallest absolute Gasteiger partial charge is 0.221 e. The van der Waals surface area contributed by atoms with E-state index in [1.807, 2.05) is 0 Å². The first-order valence-corrected chi connectivity index (χ1v) is 8.31. The molecule has 0 radical (unpaired) electrons. The number of nitrogens with two attached hydrogens (primary N) is 1. The Bertz CT molecular complexity index is 612. The van der Waals surface area contributed by atoms with Gasteiger partial charge in [0.2, 0.25) is 15.9 Å². The van der Waals surface area contributed by atoms with E-state index in [1.165, 1.54) is 18.4 Å². The summed E-state index contributed by atoms with van der Waals surface area (Å²) in [5.74, 6) is -0.327. The largest absolute Gasteiger partial charge is 0.389 e. The molecule has 0 aromatic heterocycles. The predicted octanol–water partition coefficient (Wildman–Crippen LogP) is 0.219. The van der Waals surface area contributed by atoms with Crippen molar-refractivity contribution in [1.29, 1.82) is 0 Å². The number of rotatable bonds is 7. The molecule has 0 saturated heterocycles. The average Bonchev–Trinajstić information content (AvgIpc) is 2.44. The SMILES string of the molecule is CNC(=O)CCN(C)S(=O)(=O)Cc1ccc(C(N)=S)cc1. The van der Waals surface area contributed by atoms with Crippen molar-refractivity contribution in [3.63, 3.8) is 0 Å². The molecule has 0 aliphatic rings. The highest BCUT2D eigenvalue weighted by molar-refractivity contribution is 7.88. The van der Waals surface area contributed by atoms with Crippen LogP contribution >= 0.6 is 12.2 Å². The number of benzene rings is 1. The fourth-order valence-corrected chi connectivity index (χ4v) is 2.95. The van der Waals surface area contributed by atoms with Crippen LogP contribution in [-0.2, 0) is 20.6 Å². The Hall–Kier alpha value is -1.51. The number of nitrogens with one attached hydrogen (secondary N) is 1. The van der Waals surface area contributed by atoms with Crippen LogP contribution in [-0.4, -0.2) is 44.3 Å². The highest BCUT2D eigenvalue weighted by Crippen LogP contribution is 2.11. The Balaban J connectivity index is 2.70. The van der Waals surface area contributed by atoms with Crippen molar-refractivity contribution in [2.45, 2.75) is 12.2 Å². The van der Waals surface area contributed by atoms with E-state index in [0.717, 1.165) is 0 Å². The van der Waals surface area contributed by atoms with E-state index in [9.17, 15) is 13.2 Å². The third-order valence-electron chi connectivity index (χ3n) is 2.99. The second-order valence-electron chi connectivity index (χ2n) is 4.56. The van der Waals surface area contributed by atoms with Crippen molar-refractivity contribution >= 4 is 33.1 Å². The van der Waals surface area contributed by atoms with Gasteiger partial charge in [0.15, 0.2) is 0 Å². The van der Waals surface area contributed by atoms with Gasteiger partial charge in [0, 0.05) is 32.6 Å². The second-order valence-corrected chi connectivity index (χ2v) is 7.08. The lowest BCUT2D eigenvalue weighted by molar-refractivity contribution is -0.120. The fraction of sp³-hybridized carbons (Fsp3) is 0.385. The standard InChI is InChI=1S/C13H19N3O3S2/c1-15-12(17)7-8-16(2)21(18,19)9-10-3-5-11(6-4-10)13(14)20/h3-6H,7-9H2,1-2H3,(H2,14,20)(H,15,17). The van der Waals surface area contributed by atoms with Gasteiger partial charge in [-0.15, -0.1) is 0 Å². The van der Waals surface area contributed by atoms with E-state index in [4.69, 9.17) is 18.0 Å². The number of thiocarbonyl (C=S) groups is 1. The summed E-state index contributed by atoms with van der Waals surface area (Å²) in [5, 5.41) is 2.45. The van der Waals surface area contributed by atoms with Gasteiger partial charge in [0.05, 0.1) is 5.75 Å². The number of carbonyl (C=O) groups is 1. The molecule has 1 aromatic rings. The molecule has 0 heterocycles.